The second kappa shape index (κ2) is 6.41. The van der Waals surface area contributed by atoms with Gasteiger partial charge < -0.3 is 10.6 Å². The Morgan fingerprint density at radius 2 is 1.57 bits per heavy atom. The molecule has 0 aliphatic carbocycles. The summed E-state index contributed by atoms with van der Waals surface area (Å²) in [6.07, 6.45) is 0. The van der Waals surface area contributed by atoms with Crippen molar-refractivity contribution in [3.63, 3.8) is 0 Å². The molecule has 2 aromatic rings. The number of carbonyl (C=O) groups excluding carboxylic acids is 2. The molecule has 0 atom stereocenters. The van der Waals surface area contributed by atoms with Crippen molar-refractivity contribution < 1.29 is 9.59 Å². The first kappa shape index (κ1) is 15.1. The average Bonchev–Trinajstić information content (AvgIpc) is 2.47. The van der Waals surface area contributed by atoms with E-state index in [0.717, 1.165) is 5.69 Å². The monoisotopic (exact) mass is 302 g/mol. The fourth-order valence-electron chi connectivity index (χ4n) is 1.88. The van der Waals surface area contributed by atoms with Crippen LogP contribution in [0.2, 0.25) is 5.02 Å². The second-order valence-electron chi connectivity index (χ2n) is 4.53. The van der Waals surface area contributed by atoms with Gasteiger partial charge in [0.15, 0.2) is 5.78 Å². The van der Waals surface area contributed by atoms with Crippen molar-refractivity contribution >= 4 is 34.7 Å². The zero-order chi connectivity index (χ0) is 15.4. The van der Waals surface area contributed by atoms with E-state index in [1.54, 1.807) is 49.5 Å². The number of amides is 1. The molecule has 2 rings (SSSR count). The van der Waals surface area contributed by atoms with Gasteiger partial charge in [0.05, 0.1) is 11.4 Å². The Balaban J connectivity index is 2.29. The summed E-state index contributed by atoms with van der Waals surface area (Å²) in [4.78, 5) is 23.7. The van der Waals surface area contributed by atoms with Crippen molar-refractivity contribution in [2.75, 3.05) is 17.7 Å². The van der Waals surface area contributed by atoms with E-state index >= 15 is 0 Å². The number of hydrogen-bond acceptors (Lipinski definition) is 3. The van der Waals surface area contributed by atoms with Gasteiger partial charge in [-0.15, -0.1) is 0 Å². The van der Waals surface area contributed by atoms with Crippen LogP contribution in [0.15, 0.2) is 42.5 Å². The molecule has 0 aliphatic rings. The predicted octanol–water partition coefficient (Wildman–Crippen LogP) is 3.84. The van der Waals surface area contributed by atoms with Crippen LogP contribution in [0.5, 0.6) is 0 Å². The van der Waals surface area contributed by atoms with Crippen LogP contribution in [-0.4, -0.2) is 18.7 Å². The van der Waals surface area contributed by atoms with E-state index < -0.39 is 0 Å². The molecule has 0 fully saturated rings. The minimum atomic E-state index is -0.260. The molecular weight excluding hydrogens is 288 g/mol. The molecule has 2 aromatic carbocycles. The Hall–Kier alpha value is -2.33. The third kappa shape index (κ3) is 3.61. The van der Waals surface area contributed by atoms with Crippen LogP contribution in [0.1, 0.15) is 27.6 Å². The number of carbonyl (C=O) groups is 2. The number of nitrogens with one attached hydrogen (secondary N) is 2. The molecule has 0 saturated heterocycles. The topological polar surface area (TPSA) is 58.2 Å². The van der Waals surface area contributed by atoms with Crippen LogP contribution in [0.4, 0.5) is 11.4 Å². The summed E-state index contributed by atoms with van der Waals surface area (Å²) in [6.45, 7) is 1.49. The number of ketones is 1. The van der Waals surface area contributed by atoms with Gasteiger partial charge in [-0.1, -0.05) is 11.6 Å². The van der Waals surface area contributed by atoms with Crippen LogP contribution < -0.4 is 10.6 Å². The number of halogens is 1. The van der Waals surface area contributed by atoms with E-state index in [-0.39, 0.29) is 11.7 Å². The maximum atomic E-state index is 12.2. The van der Waals surface area contributed by atoms with Crippen molar-refractivity contribution in [2.45, 2.75) is 6.92 Å². The molecular formula is C16H15ClN2O2. The lowest BCUT2D eigenvalue weighted by molar-refractivity contribution is 0.101. The second-order valence-corrected chi connectivity index (χ2v) is 4.96. The highest BCUT2D eigenvalue weighted by molar-refractivity contribution is 6.30. The summed E-state index contributed by atoms with van der Waals surface area (Å²) < 4.78 is 0. The molecule has 0 radical (unpaired) electrons. The maximum Gasteiger partial charge on any atom is 0.255 e. The fourth-order valence-corrected chi connectivity index (χ4v) is 2.01. The lowest BCUT2D eigenvalue weighted by atomic mass is 10.1. The molecule has 0 bridgehead atoms. The summed E-state index contributed by atoms with van der Waals surface area (Å²) in [5.74, 6) is -0.316. The van der Waals surface area contributed by atoms with E-state index in [2.05, 4.69) is 10.6 Å². The Kier molecular flexibility index (Phi) is 4.60. The molecule has 0 aliphatic heterocycles. The van der Waals surface area contributed by atoms with Gasteiger partial charge in [-0.05, 0) is 49.4 Å². The number of hydrogen-bond donors (Lipinski definition) is 2. The molecule has 0 saturated carbocycles. The average molecular weight is 303 g/mol. The number of Topliss-reactive ketones (excluding diaryl/α,β-unsaturated/α-hetero) is 1. The van der Waals surface area contributed by atoms with Crippen LogP contribution in [0, 0.1) is 0 Å². The Labute approximate surface area is 128 Å². The molecule has 2 N–H and O–H groups in total. The van der Waals surface area contributed by atoms with Crippen molar-refractivity contribution in [1.29, 1.82) is 0 Å². The molecule has 1 amide bonds. The van der Waals surface area contributed by atoms with Crippen LogP contribution in [-0.2, 0) is 0 Å². The molecule has 0 unspecified atom stereocenters. The molecule has 0 heterocycles. The van der Waals surface area contributed by atoms with Crippen LogP contribution in [0.25, 0.3) is 0 Å². The lowest BCUT2D eigenvalue weighted by Gasteiger charge is -2.12. The van der Waals surface area contributed by atoms with Crippen molar-refractivity contribution in [3.05, 3.63) is 58.6 Å². The summed E-state index contributed by atoms with van der Waals surface area (Å²) in [6, 6.07) is 11.7. The first-order valence-corrected chi connectivity index (χ1v) is 6.78. The molecule has 108 valence electrons. The minimum Gasteiger partial charge on any atom is -0.386 e. The van der Waals surface area contributed by atoms with Gasteiger partial charge in [-0.2, -0.15) is 0 Å². The molecule has 21 heavy (non-hydrogen) atoms. The summed E-state index contributed by atoms with van der Waals surface area (Å²) >= 11 is 5.80. The van der Waals surface area contributed by atoms with Gasteiger partial charge in [-0.25, -0.2) is 0 Å². The summed E-state index contributed by atoms with van der Waals surface area (Å²) in [7, 11) is 1.75. The van der Waals surface area contributed by atoms with E-state index in [0.29, 0.717) is 21.8 Å². The van der Waals surface area contributed by atoms with Gasteiger partial charge in [-0.3, -0.25) is 9.59 Å². The minimum absolute atomic E-state index is 0.0559. The lowest BCUT2D eigenvalue weighted by Crippen LogP contribution is -2.13. The van der Waals surface area contributed by atoms with E-state index in [4.69, 9.17) is 11.6 Å². The number of anilines is 2. The molecule has 5 heteroatoms. The Morgan fingerprint density at radius 1 is 0.952 bits per heavy atom. The molecule has 4 nitrogen and oxygen atoms in total. The van der Waals surface area contributed by atoms with E-state index in [1.807, 2.05) is 0 Å². The highest BCUT2D eigenvalue weighted by Gasteiger charge is 2.11. The van der Waals surface area contributed by atoms with Gasteiger partial charge in [0.25, 0.3) is 5.91 Å². The normalized spacial score (nSPS) is 10.0. The van der Waals surface area contributed by atoms with Crippen molar-refractivity contribution in [3.8, 4) is 0 Å². The fraction of sp³-hybridized carbons (Fsp3) is 0.125. The number of benzene rings is 2. The largest absolute Gasteiger partial charge is 0.386 e. The predicted molar refractivity (Wildman–Crippen MR) is 85.4 cm³/mol. The maximum absolute atomic E-state index is 12.2. The first-order chi connectivity index (χ1) is 10.0. The molecule has 0 spiro atoms. The zero-order valence-electron chi connectivity index (χ0n) is 11.7. The van der Waals surface area contributed by atoms with E-state index in [9.17, 15) is 9.59 Å². The Morgan fingerprint density at radius 3 is 2.14 bits per heavy atom. The summed E-state index contributed by atoms with van der Waals surface area (Å²) in [5, 5.41) is 6.35. The van der Waals surface area contributed by atoms with Gasteiger partial charge >= 0.3 is 0 Å². The zero-order valence-corrected chi connectivity index (χ0v) is 12.5. The van der Waals surface area contributed by atoms with Crippen LogP contribution in [0.3, 0.4) is 0 Å². The first-order valence-electron chi connectivity index (χ1n) is 6.41. The standard InChI is InChI=1S/C16H15ClN2O2/c1-10(20)12-5-8-14(18-2)15(9-12)19-16(21)11-3-6-13(17)7-4-11/h3-9,18H,1-2H3,(H,19,21). The number of rotatable bonds is 4. The third-order valence-corrected chi connectivity index (χ3v) is 3.30. The van der Waals surface area contributed by atoms with Crippen molar-refractivity contribution in [2.24, 2.45) is 0 Å². The Bertz CT molecular complexity index is 681. The smallest absolute Gasteiger partial charge is 0.255 e. The van der Waals surface area contributed by atoms with Crippen LogP contribution >= 0.6 is 11.6 Å². The quantitative estimate of drug-likeness (QED) is 0.844. The van der Waals surface area contributed by atoms with Gasteiger partial charge in [0, 0.05) is 23.2 Å². The highest BCUT2D eigenvalue weighted by atomic mass is 35.5. The van der Waals surface area contributed by atoms with Gasteiger partial charge in [0.1, 0.15) is 0 Å². The summed E-state index contributed by atoms with van der Waals surface area (Å²) in [5.41, 5.74) is 2.34. The van der Waals surface area contributed by atoms with E-state index in [1.165, 1.54) is 6.92 Å². The van der Waals surface area contributed by atoms with Gasteiger partial charge in [0.2, 0.25) is 0 Å². The molecule has 0 aromatic heterocycles. The third-order valence-electron chi connectivity index (χ3n) is 3.05. The SMILES string of the molecule is CNc1ccc(C(C)=O)cc1NC(=O)c1ccc(Cl)cc1. The highest BCUT2D eigenvalue weighted by Crippen LogP contribution is 2.24. The van der Waals surface area contributed by atoms with Crippen molar-refractivity contribution in [1.82, 2.24) is 0 Å².